The van der Waals surface area contributed by atoms with Gasteiger partial charge in [0, 0.05) is 22.3 Å². The van der Waals surface area contributed by atoms with E-state index in [0.29, 0.717) is 11.3 Å². The monoisotopic (exact) mass is 292 g/mol. The molecule has 1 aromatic rings. The van der Waals surface area contributed by atoms with Crippen LogP contribution in [0.25, 0.3) is 0 Å². The molecule has 19 heavy (non-hydrogen) atoms. The van der Waals surface area contributed by atoms with E-state index < -0.39 is 17.6 Å². The number of aliphatic hydroxyl groups excluding tert-OH is 1. The molecule has 0 spiro atoms. The third kappa shape index (κ3) is 4.43. The van der Waals surface area contributed by atoms with Crippen molar-refractivity contribution in [1.29, 1.82) is 5.41 Å². The van der Waals surface area contributed by atoms with Gasteiger partial charge in [-0.25, -0.2) is 0 Å². The van der Waals surface area contributed by atoms with Gasteiger partial charge in [-0.3, -0.25) is 5.41 Å². The Labute approximate surface area is 113 Å². The van der Waals surface area contributed by atoms with E-state index in [1.165, 1.54) is 23.9 Å². The summed E-state index contributed by atoms with van der Waals surface area (Å²) in [6.07, 6.45) is -3.98. The number of hydrogen-bond donors (Lipinski definition) is 3. The highest BCUT2D eigenvalue weighted by Gasteiger charge is 2.34. The minimum atomic E-state index is -4.53. The summed E-state index contributed by atoms with van der Waals surface area (Å²) in [4.78, 5) is 0.596. The molecule has 1 atom stereocenters. The van der Waals surface area contributed by atoms with Crippen LogP contribution in [0.4, 0.5) is 13.2 Å². The van der Waals surface area contributed by atoms with Gasteiger partial charge < -0.3 is 10.8 Å². The van der Waals surface area contributed by atoms with Gasteiger partial charge in [-0.15, -0.1) is 11.8 Å². The topological polar surface area (TPSA) is 70.1 Å². The van der Waals surface area contributed by atoms with Crippen LogP contribution in [0.5, 0.6) is 0 Å². The maximum absolute atomic E-state index is 12.7. The van der Waals surface area contributed by atoms with Crippen LogP contribution in [0.3, 0.4) is 0 Å². The van der Waals surface area contributed by atoms with Gasteiger partial charge in [0.2, 0.25) is 0 Å². The van der Waals surface area contributed by atoms with Gasteiger partial charge in [-0.2, -0.15) is 13.2 Å². The zero-order valence-corrected chi connectivity index (χ0v) is 11.1. The summed E-state index contributed by atoms with van der Waals surface area (Å²) in [6, 6.07) is 3.56. The molecule has 0 aromatic heterocycles. The standard InChI is InChI=1S/C12H15F3N2OS/c1-7(4-5-18)19-8-2-3-10(12(13,14)15)9(6-8)11(16)17/h2-3,6-7,18H,4-5H2,1H3,(H3,16,17). The molecule has 0 heterocycles. The Morgan fingerprint density at radius 2 is 2.11 bits per heavy atom. The van der Waals surface area contributed by atoms with Crippen LogP contribution >= 0.6 is 11.8 Å². The first-order valence-electron chi connectivity index (χ1n) is 5.59. The maximum atomic E-state index is 12.7. The maximum Gasteiger partial charge on any atom is 0.417 e. The van der Waals surface area contributed by atoms with Crippen LogP contribution in [0.1, 0.15) is 24.5 Å². The summed E-state index contributed by atoms with van der Waals surface area (Å²) in [5.74, 6) is -0.607. The van der Waals surface area contributed by atoms with Crippen LogP contribution < -0.4 is 5.73 Å². The summed E-state index contributed by atoms with van der Waals surface area (Å²) in [5, 5.41) is 16.1. The van der Waals surface area contributed by atoms with E-state index in [9.17, 15) is 13.2 Å². The second-order valence-electron chi connectivity index (χ2n) is 4.06. The smallest absolute Gasteiger partial charge is 0.396 e. The molecule has 0 amide bonds. The van der Waals surface area contributed by atoms with E-state index in [0.717, 1.165) is 6.07 Å². The molecule has 7 heteroatoms. The lowest BCUT2D eigenvalue weighted by Gasteiger charge is -2.15. The van der Waals surface area contributed by atoms with Gasteiger partial charge >= 0.3 is 6.18 Å². The third-order valence-corrected chi connectivity index (χ3v) is 3.62. The minimum absolute atomic E-state index is 0.0222. The summed E-state index contributed by atoms with van der Waals surface area (Å²) in [6.45, 7) is 1.89. The zero-order chi connectivity index (χ0) is 14.6. The van der Waals surface area contributed by atoms with Crippen molar-refractivity contribution in [1.82, 2.24) is 0 Å². The average molecular weight is 292 g/mol. The number of aliphatic hydroxyl groups is 1. The van der Waals surface area contributed by atoms with E-state index in [1.807, 2.05) is 6.92 Å². The van der Waals surface area contributed by atoms with Gasteiger partial charge in [-0.1, -0.05) is 6.92 Å². The van der Waals surface area contributed by atoms with Crippen LogP contribution in [0, 0.1) is 5.41 Å². The Balaban J connectivity index is 3.07. The summed E-state index contributed by atoms with van der Waals surface area (Å²) < 4.78 is 38.2. The second kappa shape index (κ2) is 6.29. The van der Waals surface area contributed by atoms with E-state index in [-0.39, 0.29) is 17.4 Å². The first-order valence-corrected chi connectivity index (χ1v) is 6.46. The highest BCUT2D eigenvalue weighted by atomic mass is 32.2. The quantitative estimate of drug-likeness (QED) is 0.444. The lowest BCUT2D eigenvalue weighted by atomic mass is 10.1. The van der Waals surface area contributed by atoms with Gasteiger partial charge in [0.05, 0.1) is 5.56 Å². The molecule has 0 aliphatic carbocycles. The molecule has 0 aliphatic heterocycles. The number of alkyl halides is 3. The Morgan fingerprint density at radius 3 is 2.58 bits per heavy atom. The van der Waals surface area contributed by atoms with Crippen LogP contribution in [0.2, 0.25) is 0 Å². The normalized spacial score (nSPS) is 13.3. The fraction of sp³-hybridized carbons (Fsp3) is 0.417. The van der Waals surface area contributed by atoms with Crippen LogP contribution in [-0.4, -0.2) is 22.8 Å². The lowest BCUT2D eigenvalue weighted by molar-refractivity contribution is -0.137. The lowest BCUT2D eigenvalue weighted by Crippen LogP contribution is -2.19. The molecule has 3 nitrogen and oxygen atoms in total. The SMILES string of the molecule is CC(CCO)Sc1ccc(C(F)(F)F)c(C(=N)N)c1. The van der Waals surface area contributed by atoms with Gasteiger partial charge in [0.15, 0.2) is 0 Å². The summed E-state index contributed by atoms with van der Waals surface area (Å²) in [5.41, 5.74) is 3.99. The second-order valence-corrected chi connectivity index (χ2v) is 5.57. The Morgan fingerprint density at radius 1 is 1.47 bits per heavy atom. The largest absolute Gasteiger partial charge is 0.417 e. The highest BCUT2D eigenvalue weighted by Crippen LogP contribution is 2.35. The Hall–Kier alpha value is -1.21. The number of hydrogen-bond acceptors (Lipinski definition) is 3. The van der Waals surface area contributed by atoms with E-state index in [1.54, 1.807) is 0 Å². The van der Waals surface area contributed by atoms with Crippen molar-refractivity contribution >= 4 is 17.6 Å². The van der Waals surface area contributed by atoms with Crippen LogP contribution in [0.15, 0.2) is 23.1 Å². The third-order valence-electron chi connectivity index (χ3n) is 2.46. The number of thioether (sulfide) groups is 1. The number of halogens is 3. The van der Waals surface area contributed by atoms with Gasteiger partial charge in [0.25, 0.3) is 0 Å². The number of nitrogens with two attached hydrogens (primary N) is 1. The number of nitrogens with one attached hydrogen (secondary N) is 1. The fourth-order valence-corrected chi connectivity index (χ4v) is 2.56. The van der Waals surface area contributed by atoms with Crippen LogP contribution in [-0.2, 0) is 6.18 Å². The molecule has 1 unspecified atom stereocenters. The number of benzene rings is 1. The van der Waals surface area contributed by atoms with Crippen molar-refractivity contribution in [3.05, 3.63) is 29.3 Å². The minimum Gasteiger partial charge on any atom is -0.396 e. The molecule has 0 saturated carbocycles. The van der Waals surface area contributed by atoms with Gasteiger partial charge in [-0.05, 0) is 24.6 Å². The predicted molar refractivity (Wildman–Crippen MR) is 69.5 cm³/mol. The van der Waals surface area contributed by atoms with E-state index in [2.05, 4.69) is 0 Å². The highest BCUT2D eigenvalue weighted by molar-refractivity contribution is 7.99. The molecular formula is C12H15F3N2OS. The Kier molecular flexibility index (Phi) is 5.25. The van der Waals surface area contributed by atoms with Crippen molar-refractivity contribution < 1.29 is 18.3 Å². The zero-order valence-electron chi connectivity index (χ0n) is 10.3. The molecular weight excluding hydrogens is 277 g/mol. The van der Waals surface area contributed by atoms with Crippen molar-refractivity contribution in [2.45, 2.75) is 29.7 Å². The molecule has 0 bridgehead atoms. The molecule has 1 rings (SSSR count). The van der Waals surface area contributed by atoms with E-state index in [4.69, 9.17) is 16.2 Å². The van der Waals surface area contributed by atoms with Crippen molar-refractivity contribution in [3.8, 4) is 0 Å². The molecule has 4 N–H and O–H groups in total. The average Bonchev–Trinajstić information content (AvgIpc) is 2.27. The van der Waals surface area contributed by atoms with Crippen molar-refractivity contribution in [3.63, 3.8) is 0 Å². The fourth-order valence-electron chi connectivity index (χ4n) is 1.54. The summed E-state index contributed by atoms with van der Waals surface area (Å²) in [7, 11) is 0. The molecule has 1 aromatic carbocycles. The Bertz CT molecular complexity index is 463. The van der Waals surface area contributed by atoms with Gasteiger partial charge in [0.1, 0.15) is 5.84 Å². The molecule has 0 radical (unpaired) electrons. The molecule has 0 aliphatic rings. The molecule has 0 fully saturated rings. The molecule has 106 valence electrons. The number of rotatable bonds is 5. The number of nitrogen functional groups attached to an aromatic ring is 1. The van der Waals surface area contributed by atoms with Crippen molar-refractivity contribution in [2.75, 3.05) is 6.61 Å². The predicted octanol–water partition coefficient (Wildman–Crippen LogP) is 2.85. The number of amidine groups is 1. The molecule has 0 saturated heterocycles. The van der Waals surface area contributed by atoms with E-state index >= 15 is 0 Å². The first-order chi connectivity index (χ1) is 8.75. The van der Waals surface area contributed by atoms with Crippen molar-refractivity contribution in [2.24, 2.45) is 5.73 Å². The summed E-state index contributed by atoms with van der Waals surface area (Å²) >= 11 is 1.34. The first kappa shape index (κ1) is 15.8.